The van der Waals surface area contributed by atoms with E-state index in [0.29, 0.717) is 5.36 Å². The third kappa shape index (κ3) is 1.73. The monoisotopic (exact) mass is 243 g/mol. The zero-order valence-corrected chi connectivity index (χ0v) is 9.06. The van der Waals surface area contributed by atoms with Gasteiger partial charge in [-0.2, -0.15) is 0 Å². The van der Waals surface area contributed by atoms with Gasteiger partial charge in [0.05, 0.1) is 22.7 Å². The van der Waals surface area contributed by atoms with Gasteiger partial charge in [0.15, 0.2) is 0 Å². The number of fused-ring (bicyclic) bond motifs is 2. The third-order valence-corrected chi connectivity index (χ3v) is 2.08. The van der Waals surface area contributed by atoms with E-state index in [4.69, 9.17) is 0 Å². The number of nitrogens with one attached hydrogen (secondary N) is 1. The van der Waals surface area contributed by atoms with Crippen molar-refractivity contribution in [1.82, 2.24) is 9.97 Å². The number of amides is 1. The van der Waals surface area contributed by atoms with Gasteiger partial charge in [-0.15, -0.1) is 24.8 Å². The minimum Gasteiger partial charge on any atom is -0.345 e. The van der Waals surface area contributed by atoms with Crippen molar-refractivity contribution in [2.24, 2.45) is 4.99 Å². The Balaban J connectivity index is 0.000000562. The van der Waals surface area contributed by atoms with Gasteiger partial charge in [-0.1, -0.05) is 0 Å². The minimum absolute atomic E-state index is 0. The molecule has 0 saturated carbocycles. The van der Waals surface area contributed by atoms with Crippen molar-refractivity contribution >= 4 is 47.8 Å². The van der Waals surface area contributed by atoms with E-state index in [9.17, 15) is 4.79 Å². The number of hydrogen-bond donors (Lipinski definition) is 1. The van der Waals surface area contributed by atoms with Gasteiger partial charge in [-0.05, 0) is 12.1 Å². The number of benzene rings is 1. The highest BCUT2D eigenvalue weighted by Gasteiger charge is 2.05. The summed E-state index contributed by atoms with van der Waals surface area (Å²) in [6.45, 7) is 0. The van der Waals surface area contributed by atoms with Gasteiger partial charge in [-0.3, -0.25) is 4.79 Å². The highest BCUT2D eigenvalue weighted by Crippen LogP contribution is 2.02. The van der Waals surface area contributed by atoms with E-state index in [1.807, 2.05) is 12.1 Å². The number of halogens is 2. The summed E-state index contributed by atoms with van der Waals surface area (Å²) in [7, 11) is 0. The summed E-state index contributed by atoms with van der Waals surface area (Å²) in [5.74, 6) is -0.192. The molecule has 0 saturated heterocycles. The van der Waals surface area contributed by atoms with Crippen molar-refractivity contribution in [3.05, 3.63) is 29.0 Å². The van der Waals surface area contributed by atoms with Crippen LogP contribution in [0.3, 0.4) is 0 Å². The maximum absolute atomic E-state index is 10.9. The minimum atomic E-state index is -0.192. The Bertz CT molecular complexity index is 580. The quantitative estimate of drug-likeness (QED) is 0.726. The first kappa shape index (κ1) is 11.7. The molecule has 1 aliphatic rings. The molecular weight excluding hydrogens is 237 g/mol. The number of imidazole rings is 1. The molecule has 1 aromatic carbocycles. The second-order valence-electron chi connectivity index (χ2n) is 2.93. The topological polar surface area (TPSA) is 58.1 Å². The fraction of sp³-hybridized carbons (Fsp3) is 0. The molecule has 6 heteroatoms. The molecule has 1 aliphatic heterocycles. The largest absolute Gasteiger partial charge is 0.345 e. The molecular formula is C9H7Cl2N3O. The van der Waals surface area contributed by atoms with E-state index in [1.165, 1.54) is 6.08 Å². The van der Waals surface area contributed by atoms with Crippen molar-refractivity contribution in [3.8, 4) is 0 Å². The number of rotatable bonds is 0. The lowest BCUT2D eigenvalue weighted by Crippen LogP contribution is -2.20. The maximum atomic E-state index is 10.9. The van der Waals surface area contributed by atoms with Crippen LogP contribution in [0.25, 0.3) is 17.1 Å². The van der Waals surface area contributed by atoms with E-state index in [0.717, 1.165) is 16.3 Å². The van der Waals surface area contributed by atoms with Crippen molar-refractivity contribution in [2.75, 3.05) is 0 Å². The van der Waals surface area contributed by atoms with Crippen molar-refractivity contribution in [2.45, 2.75) is 0 Å². The molecule has 1 amide bonds. The Morgan fingerprint density at radius 3 is 2.80 bits per heavy atom. The average molecular weight is 244 g/mol. The Morgan fingerprint density at radius 2 is 2.00 bits per heavy atom. The molecule has 15 heavy (non-hydrogen) atoms. The summed E-state index contributed by atoms with van der Waals surface area (Å²) in [6, 6.07) is 3.69. The molecule has 0 aliphatic carbocycles. The van der Waals surface area contributed by atoms with Crippen molar-refractivity contribution in [1.29, 1.82) is 0 Å². The number of H-pyrrole nitrogens is 1. The lowest BCUT2D eigenvalue weighted by Gasteiger charge is -1.85. The molecule has 0 bridgehead atoms. The summed E-state index contributed by atoms with van der Waals surface area (Å²) in [5, 5.41) is 1.58. The van der Waals surface area contributed by atoms with Crippen LogP contribution in [0.5, 0.6) is 0 Å². The molecule has 3 rings (SSSR count). The van der Waals surface area contributed by atoms with Gasteiger partial charge < -0.3 is 4.98 Å². The van der Waals surface area contributed by atoms with E-state index < -0.39 is 0 Å². The van der Waals surface area contributed by atoms with Crippen LogP contribution in [0.2, 0.25) is 0 Å². The third-order valence-electron chi connectivity index (χ3n) is 2.08. The van der Waals surface area contributed by atoms with Gasteiger partial charge >= 0.3 is 0 Å². The highest BCUT2D eigenvalue weighted by molar-refractivity contribution is 6.06. The smallest absolute Gasteiger partial charge is 0.270 e. The summed E-state index contributed by atoms with van der Waals surface area (Å²) in [6.07, 6.45) is 3.15. The molecule has 2 heterocycles. The predicted octanol–water partition coefficient (Wildman–Crippen LogP) is 0.347. The molecule has 0 unspecified atom stereocenters. The second kappa shape index (κ2) is 4.00. The lowest BCUT2D eigenvalue weighted by atomic mass is 10.2. The van der Waals surface area contributed by atoms with Crippen LogP contribution in [0.1, 0.15) is 0 Å². The first-order chi connectivity index (χ1) is 6.33. The fourth-order valence-electron chi connectivity index (χ4n) is 1.48. The first-order valence-corrected chi connectivity index (χ1v) is 3.90. The molecule has 78 valence electrons. The average Bonchev–Trinajstić information content (AvgIpc) is 2.63. The molecule has 2 aromatic rings. The fourth-order valence-corrected chi connectivity index (χ4v) is 1.48. The number of carbonyl (C=O) groups excluding carboxylic acids is 1. The lowest BCUT2D eigenvalue weighted by molar-refractivity contribution is -0.112. The summed E-state index contributed by atoms with van der Waals surface area (Å²) >= 11 is 0. The van der Waals surface area contributed by atoms with Crippen LogP contribution >= 0.6 is 24.8 Å². The first-order valence-electron chi connectivity index (χ1n) is 3.90. The normalized spacial score (nSPS) is 12.1. The Morgan fingerprint density at radius 1 is 1.20 bits per heavy atom. The summed E-state index contributed by atoms with van der Waals surface area (Å²) < 4.78 is 0. The molecule has 4 nitrogen and oxygen atoms in total. The number of carbonyl (C=O) groups is 1. The Hall–Kier alpha value is -1.39. The molecule has 1 N–H and O–H groups in total. The molecule has 0 fully saturated rings. The zero-order valence-electron chi connectivity index (χ0n) is 7.43. The van der Waals surface area contributed by atoms with Gasteiger partial charge in [0.1, 0.15) is 0 Å². The Labute approximate surface area is 96.9 Å². The van der Waals surface area contributed by atoms with E-state index in [2.05, 4.69) is 15.0 Å². The summed E-state index contributed by atoms with van der Waals surface area (Å²) in [5.41, 5.74) is 1.77. The number of hydrogen-bond acceptors (Lipinski definition) is 2. The van der Waals surface area contributed by atoms with Gasteiger partial charge in [0.2, 0.25) is 0 Å². The highest BCUT2D eigenvalue weighted by atomic mass is 35.5. The molecule has 0 spiro atoms. The van der Waals surface area contributed by atoms with Crippen molar-refractivity contribution in [3.63, 3.8) is 0 Å². The summed E-state index contributed by atoms with van der Waals surface area (Å²) in [4.78, 5) is 21.8. The second-order valence-corrected chi connectivity index (χ2v) is 2.93. The van der Waals surface area contributed by atoms with E-state index >= 15 is 0 Å². The predicted molar refractivity (Wildman–Crippen MR) is 60.8 cm³/mol. The molecule has 0 radical (unpaired) electrons. The number of aromatic amines is 1. The van der Waals surface area contributed by atoms with Gasteiger partial charge in [-0.25, -0.2) is 9.98 Å². The molecule has 1 aromatic heterocycles. The standard InChI is InChI=1S/C9H5N3O.2ClH/c13-9-2-5-1-7-8(11-4-10-7)3-6(5)12-9;;/h1-4H,(H,10,11);2*1H. The van der Waals surface area contributed by atoms with Crippen LogP contribution < -0.4 is 10.6 Å². The van der Waals surface area contributed by atoms with Crippen LogP contribution in [-0.4, -0.2) is 15.9 Å². The van der Waals surface area contributed by atoms with Crippen LogP contribution in [0.15, 0.2) is 23.5 Å². The van der Waals surface area contributed by atoms with Gasteiger partial charge in [0, 0.05) is 11.3 Å². The Kier molecular flexibility index (Phi) is 3.12. The van der Waals surface area contributed by atoms with Crippen LogP contribution in [0, 0.1) is 0 Å². The number of nitrogens with zero attached hydrogens (tertiary/aromatic N) is 2. The van der Waals surface area contributed by atoms with Crippen molar-refractivity contribution < 1.29 is 4.79 Å². The maximum Gasteiger partial charge on any atom is 0.270 e. The molecule has 0 atom stereocenters. The van der Waals surface area contributed by atoms with Crippen LogP contribution in [0.4, 0.5) is 0 Å². The zero-order chi connectivity index (χ0) is 8.84. The van der Waals surface area contributed by atoms with E-state index in [-0.39, 0.29) is 30.7 Å². The number of aromatic nitrogens is 2. The van der Waals surface area contributed by atoms with Crippen LogP contribution in [-0.2, 0) is 4.79 Å². The van der Waals surface area contributed by atoms with Gasteiger partial charge in [0.25, 0.3) is 5.91 Å². The van der Waals surface area contributed by atoms with E-state index in [1.54, 1.807) is 6.33 Å². The SMILES string of the molecule is Cl.Cl.O=C1C=c2cc3[nH]cnc3cc2=N1.